The number of ether oxygens (including phenoxy) is 3. The molecule has 2 rings (SSSR count). The van der Waals surface area contributed by atoms with Crippen molar-refractivity contribution in [2.75, 3.05) is 33.9 Å². The van der Waals surface area contributed by atoms with Crippen molar-refractivity contribution < 1.29 is 23.8 Å². The molecule has 1 aromatic carbocycles. The van der Waals surface area contributed by atoms with Gasteiger partial charge in [0.15, 0.2) is 6.61 Å². The number of esters is 1. The first kappa shape index (κ1) is 18.1. The standard InChI is InChI=1S/C18H25NO5/c1-12-5-13(2)10-19(9-12)17(20)11-24-18(21)14-6-15(22-3)8-16(7-14)23-4/h6-8,12-13H,5,9-11H2,1-4H3/t12-,13+. The second-order valence-electron chi connectivity index (χ2n) is 6.42. The summed E-state index contributed by atoms with van der Waals surface area (Å²) in [4.78, 5) is 26.2. The molecule has 1 aliphatic rings. The van der Waals surface area contributed by atoms with Crippen LogP contribution in [0.15, 0.2) is 18.2 Å². The fourth-order valence-electron chi connectivity index (χ4n) is 3.09. The SMILES string of the molecule is COc1cc(OC)cc(C(=O)OCC(=O)N2C[C@H](C)C[C@H](C)C2)c1. The Morgan fingerprint density at radius 1 is 1.04 bits per heavy atom. The summed E-state index contributed by atoms with van der Waals surface area (Å²) in [6.45, 7) is 5.44. The lowest BCUT2D eigenvalue weighted by atomic mass is 9.92. The Kier molecular flexibility index (Phi) is 6.06. The molecule has 1 aromatic rings. The molecule has 132 valence electrons. The predicted octanol–water partition coefficient (Wildman–Crippen LogP) is 2.37. The Labute approximate surface area is 142 Å². The number of benzene rings is 1. The average Bonchev–Trinajstić information content (AvgIpc) is 2.57. The zero-order valence-corrected chi connectivity index (χ0v) is 14.7. The largest absolute Gasteiger partial charge is 0.497 e. The summed E-state index contributed by atoms with van der Waals surface area (Å²) in [5.74, 6) is 1.19. The van der Waals surface area contributed by atoms with Gasteiger partial charge in [0.1, 0.15) is 11.5 Å². The number of nitrogens with zero attached hydrogens (tertiary/aromatic N) is 1. The van der Waals surface area contributed by atoms with Crippen molar-refractivity contribution in [3.05, 3.63) is 23.8 Å². The minimum atomic E-state index is -0.571. The van der Waals surface area contributed by atoms with E-state index in [0.717, 1.165) is 6.42 Å². The first-order chi connectivity index (χ1) is 11.4. The van der Waals surface area contributed by atoms with Crippen LogP contribution < -0.4 is 9.47 Å². The number of amides is 1. The normalized spacial score (nSPS) is 20.4. The number of methoxy groups -OCH3 is 2. The third-order valence-electron chi connectivity index (χ3n) is 4.14. The van der Waals surface area contributed by atoms with Gasteiger partial charge < -0.3 is 19.1 Å². The topological polar surface area (TPSA) is 65.1 Å². The average molecular weight is 335 g/mol. The van der Waals surface area contributed by atoms with Gasteiger partial charge in [-0.05, 0) is 30.4 Å². The van der Waals surface area contributed by atoms with Gasteiger partial charge in [-0.1, -0.05) is 13.8 Å². The number of hydrogen-bond acceptors (Lipinski definition) is 5. The van der Waals surface area contributed by atoms with E-state index in [1.807, 2.05) is 0 Å². The van der Waals surface area contributed by atoms with E-state index >= 15 is 0 Å². The van der Waals surface area contributed by atoms with Gasteiger partial charge in [-0.15, -0.1) is 0 Å². The van der Waals surface area contributed by atoms with Crippen LogP contribution in [0, 0.1) is 11.8 Å². The maximum Gasteiger partial charge on any atom is 0.338 e. The summed E-state index contributed by atoms with van der Waals surface area (Å²) in [6.07, 6.45) is 1.12. The third-order valence-corrected chi connectivity index (χ3v) is 4.14. The van der Waals surface area contributed by atoms with Crippen molar-refractivity contribution in [2.24, 2.45) is 11.8 Å². The van der Waals surface area contributed by atoms with Crippen LogP contribution >= 0.6 is 0 Å². The monoisotopic (exact) mass is 335 g/mol. The van der Waals surface area contributed by atoms with E-state index in [1.54, 1.807) is 23.1 Å². The van der Waals surface area contributed by atoms with Crippen molar-refractivity contribution in [3.8, 4) is 11.5 Å². The minimum absolute atomic E-state index is 0.156. The molecule has 0 aliphatic carbocycles. The zero-order chi connectivity index (χ0) is 17.7. The number of hydrogen-bond donors (Lipinski definition) is 0. The molecule has 24 heavy (non-hydrogen) atoms. The highest BCUT2D eigenvalue weighted by Gasteiger charge is 2.26. The molecule has 6 nitrogen and oxygen atoms in total. The summed E-state index contributed by atoms with van der Waals surface area (Å²) >= 11 is 0. The molecule has 2 atom stereocenters. The van der Waals surface area contributed by atoms with Gasteiger partial charge in [-0.25, -0.2) is 4.79 Å². The molecule has 0 N–H and O–H groups in total. The van der Waals surface area contributed by atoms with Crippen LogP contribution in [0.3, 0.4) is 0 Å². The molecule has 1 heterocycles. The molecule has 0 unspecified atom stereocenters. The first-order valence-corrected chi connectivity index (χ1v) is 8.11. The fourth-order valence-corrected chi connectivity index (χ4v) is 3.09. The number of rotatable bonds is 5. The lowest BCUT2D eigenvalue weighted by Gasteiger charge is -2.34. The van der Waals surface area contributed by atoms with Gasteiger partial charge in [-0.3, -0.25) is 4.79 Å². The highest BCUT2D eigenvalue weighted by molar-refractivity contribution is 5.92. The number of likely N-dealkylation sites (tertiary alicyclic amines) is 1. The molecule has 1 amide bonds. The maximum absolute atomic E-state index is 12.3. The van der Waals surface area contributed by atoms with Crippen molar-refractivity contribution in [1.29, 1.82) is 0 Å². The van der Waals surface area contributed by atoms with Crippen LogP contribution in [0.2, 0.25) is 0 Å². The quantitative estimate of drug-likeness (QED) is 0.773. The molecule has 0 saturated carbocycles. The highest BCUT2D eigenvalue weighted by Crippen LogP contribution is 2.23. The molecule has 0 aromatic heterocycles. The molecular formula is C18H25NO5. The second kappa shape index (κ2) is 8.04. The van der Waals surface area contributed by atoms with E-state index in [1.165, 1.54) is 14.2 Å². The van der Waals surface area contributed by atoms with E-state index in [0.29, 0.717) is 42.0 Å². The smallest absolute Gasteiger partial charge is 0.338 e. The number of carbonyl (C=O) groups is 2. The van der Waals surface area contributed by atoms with Gasteiger partial charge >= 0.3 is 5.97 Å². The predicted molar refractivity (Wildman–Crippen MR) is 89.4 cm³/mol. The van der Waals surface area contributed by atoms with E-state index in [-0.39, 0.29) is 12.5 Å². The van der Waals surface area contributed by atoms with Gasteiger partial charge in [-0.2, -0.15) is 0 Å². The van der Waals surface area contributed by atoms with Crippen molar-refractivity contribution >= 4 is 11.9 Å². The maximum atomic E-state index is 12.3. The van der Waals surface area contributed by atoms with Crippen LogP contribution in [0.1, 0.15) is 30.6 Å². The molecule has 1 saturated heterocycles. The Morgan fingerprint density at radius 2 is 1.58 bits per heavy atom. The molecule has 0 bridgehead atoms. The van der Waals surface area contributed by atoms with Gasteiger partial charge in [0, 0.05) is 19.2 Å². The van der Waals surface area contributed by atoms with Crippen molar-refractivity contribution in [3.63, 3.8) is 0 Å². The second-order valence-corrected chi connectivity index (χ2v) is 6.42. The number of carbonyl (C=O) groups excluding carboxylic acids is 2. The molecule has 1 fully saturated rings. The number of piperidine rings is 1. The van der Waals surface area contributed by atoms with Crippen molar-refractivity contribution in [2.45, 2.75) is 20.3 Å². The summed E-state index contributed by atoms with van der Waals surface area (Å²) in [7, 11) is 3.01. The van der Waals surface area contributed by atoms with E-state index in [9.17, 15) is 9.59 Å². The molecule has 6 heteroatoms. The third kappa shape index (κ3) is 4.63. The lowest BCUT2D eigenvalue weighted by molar-refractivity contribution is -0.137. The highest BCUT2D eigenvalue weighted by atomic mass is 16.5. The summed E-state index contributed by atoms with van der Waals surface area (Å²) in [5, 5.41) is 0. The van der Waals surface area contributed by atoms with Gasteiger partial charge in [0.25, 0.3) is 5.91 Å². The molecule has 1 aliphatic heterocycles. The minimum Gasteiger partial charge on any atom is -0.497 e. The lowest BCUT2D eigenvalue weighted by Crippen LogP contribution is -2.44. The van der Waals surface area contributed by atoms with Gasteiger partial charge in [0.05, 0.1) is 19.8 Å². The van der Waals surface area contributed by atoms with Crippen LogP contribution in [0.4, 0.5) is 0 Å². The molecule has 0 spiro atoms. The van der Waals surface area contributed by atoms with Crippen LogP contribution in [0.25, 0.3) is 0 Å². The molecular weight excluding hydrogens is 310 g/mol. The Bertz CT molecular complexity index is 569. The Hall–Kier alpha value is -2.24. The summed E-state index contributed by atoms with van der Waals surface area (Å²) in [6, 6.07) is 4.78. The Balaban J connectivity index is 1.96. The first-order valence-electron chi connectivity index (χ1n) is 8.11. The van der Waals surface area contributed by atoms with Crippen LogP contribution in [-0.2, 0) is 9.53 Å². The zero-order valence-electron chi connectivity index (χ0n) is 14.7. The van der Waals surface area contributed by atoms with E-state index in [2.05, 4.69) is 13.8 Å². The van der Waals surface area contributed by atoms with Crippen LogP contribution in [-0.4, -0.2) is 50.7 Å². The fraction of sp³-hybridized carbons (Fsp3) is 0.556. The van der Waals surface area contributed by atoms with E-state index in [4.69, 9.17) is 14.2 Å². The molecule has 0 radical (unpaired) electrons. The van der Waals surface area contributed by atoms with E-state index < -0.39 is 5.97 Å². The van der Waals surface area contributed by atoms with Crippen molar-refractivity contribution in [1.82, 2.24) is 4.90 Å². The van der Waals surface area contributed by atoms with Crippen LogP contribution in [0.5, 0.6) is 11.5 Å². The summed E-state index contributed by atoms with van der Waals surface area (Å²) in [5.41, 5.74) is 0.291. The Morgan fingerprint density at radius 3 is 2.08 bits per heavy atom. The summed E-state index contributed by atoms with van der Waals surface area (Å²) < 4.78 is 15.4. The van der Waals surface area contributed by atoms with Gasteiger partial charge in [0.2, 0.25) is 0 Å².